The Balaban J connectivity index is 1.92. The summed E-state index contributed by atoms with van der Waals surface area (Å²) in [5.41, 5.74) is 0.738. The number of nitro benzene ring substituents is 1. The molecular weight excluding hydrogens is 316 g/mol. The summed E-state index contributed by atoms with van der Waals surface area (Å²) in [5, 5.41) is 14.2. The maximum Gasteiger partial charge on any atom is 0.338 e. The molecule has 0 aromatic heterocycles. The summed E-state index contributed by atoms with van der Waals surface area (Å²) in [5.74, 6) is 0.561. The molecule has 0 saturated carbocycles. The Morgan fingerprint density at radius 3 is 2.62 bits per heavy atom. The van der Waals surface area contributed by atoms with Crippen LogP contribution in [0, 0.1) is 10.1 Å². The van der Waals surface area contributed by atoms with Crippen molar-refractivity contribution in [3.8, 4) is 11.5 Å². The van der Waals surface area contributed by atoms with E-state index in [1.54, 1.807) is 18.2 Å². The van der Waals surface area contributed by atoms with Gasteiger partial charge in [-0.1, -0.05) is 0 Å². The molecule has 0 fully saturated rings. The van der Waals surface area contributed by atoms with Crippen LogP contribution in [0.2, 0.25) is 0 Å². The molecule has 0 spiro atoms. The smallest absolute Gasteiger partial charge is 0.338 e. The van der Waals surface area contributed by atoms with Crippen LogP contribution in [0.1, 0.15) is 10.4 Å². The molecule has 0 radical (unpaired) electrons. The monoisotopic (exact) mass is 330 g/mol. The fourth-order valence-electron chi connectivity index (χ4n) is 2.31. The van der Waals surface area contributed by atoms with E-state index in [2.05, 4.69) is 10.1 Å². The summed E-state index contributed by atoms with van der Waals surface area (Å²) < 4.78 is 15.5. The zero-order valence-electron chi connectivity index (χ0n) is 12.8. The SMILES string of the molecule is COC(=O)c1ccc(Nc2ccc3c(c2)OCCO3)c([N+](=O)[O-])c1. The molecule has 2 aromatic rings. The van der Waals surface area contributed by atoms with E-state index in [-0.39, 0.29) is 16.9 Å². The van der Waals surface area contributed by atoms with Gasteiger partial charge in [0.2, 0.25) is 0 Å². The highest BCUT2D eigenvalue weighted by Gasteiger charge is 2.19. The first-order valence-electron chi connectivity index (χ1n) is 7.12. The van der Waals surface area contributed by atoms with Crippen molar-refractivity contribution in [3.05, 3.63) is 52.1 Å². The van der Waals surface area contributed by atoms with Crippen molar-refractivity contribution in [1.82, 2.24) is 0 Å². The molecule has 1 heterocycles. The third kappa shape index (κ3) is 3.07. The van der Waals surface area contributed by atoms with Crippen LogP contribution in [0.25, 0.3) is 0 Å². The Morgan fingerprint density at radius 1 is 1.17 bits per heavy atom. The van der Waals surface area contributed by atoms with Crippen LogP contribution >= 0.6 is 0 Å². The number of benzene rings is 2. The fraction of sp³-hybridized carbons (Fsp3) is 0.188. The molecule has 0 unspecified atom stereocenters. The van der Waals surface area contributed by atoms with Crippen molar-refractivity contribution in [2.45, 2.75) is 0 Å². The third-order valence-corrected chi connectivity index (χ3v) is 3.44. The number of rotatable bonds is 4. The quantitative estimate of drug-likeness (QED) is 0.522. The van der Waals surface area contributed by atoms with E-state index in [4.69, 9.17) is 9.47 Å². The van der Waals surface area contributed by atoms with E-state index < -0.39 is 10.9 Å². The minimum absolute atomic E-state index is 0.108. The Morgan fingerprint density at radius 2 is 1.92 bits per heavy atom. The Bertz CT molecular complexity index is 805. The van der Waals surface area contributed by atoms with Gasteiger partial charge < -0.3 is 19.5 Å². The summed E-state index contributed by atoms with van der Waals surface area (Å²) in [6.07, 6.45) is 0. The first-order valence-corrected chi connectivity index (χ1v) is 7.12. The molecule has 0 saturated heterocycles. The van der Waals surface area contributed by atoms with Gasteiger partial charge in [-0.3, -0.25) is 10.1 Å². The summed E-state index contributed by atoms with van der Waals surface area (Å²) >= 11 is 0. The number of nitro groups is 1. The van der Waals surface area contributed by atoms with E-state index in [0.717, 1.165) is 0 Å². The van der Waals surface area contributed by atoms with E-state index in [0.29, 0.717) is 30.4 Å². The molecule has 0 atom stereocenters. The molecule has 8 nitrogen and oxygen atoms in total. The molecule has 124 valence electrons. The highest BCUT2D eigenvalue weighted by molar-refractivity contribution is 5.91. The Hall–Kier alpha value is -3.29. The van der Waals surface area contributed by atoms with Crippen molar-refractivity contribution < 1.29 is 23.9 Å². The highest BCUT2D eigenvalue weighted by Crippen LogP contribution is 2.35. The molecule has 1 aliphatic heterocycles. The van der Waals surface area contributed by atoms with E-state index >= 15 is 0 Å². The number of carbonyl (C=O) groups excluding carboxylic acids is 1. The van der Waals surface area contributed by atoms with E-state index in [1.165, 1.54) is 25.3 Å². The lowest BCUT2D eigenvalue weighted by Gasteiger charge is -2.19. The average molecular weight is 330 g/mol. The molecule has 24 heavy (non-hydrogen) atoms. The van der Waals surface area contributed by atoms with Crippen LogP contribution < -0.4 is 14.8 Å². The number of nitrogens with one attached hydrogen (secondary N) is 1. The van der Waals surface area contributed by atoms with Gasteiger partial charge in [0.15, 0.2) is 11.5 Å². The topological polar surface area (TPSA) is 99.9 Å². The first kappa shape index (κ1) is 15.6. The van der Waals surface area contributed by atoms with Crippen molar-refractivity contribution in [1.29, 1.82) is 0 Å². The molecule has 2 aromatic carbocycles. The maximum absolute atomic E-state index is 11.5. The van der Waals surface area contributed by atoms with Crippen LogP contribution in [-0.4, -0.2) is 31.2 Å². The average Bonchev–Trinajstić information content (AvgIpc) is 2.61. The Labute approximate surface area is 137 Å². The van der Waals surface area contributed by atoms with Gasteiger partial charge in [0, 0.05) is 17.8 Å². The van der Waals surface area contributed by atoms with E-state index in [1.807, 2.05) is 0 Å². The Kier molecular flexibility index (Phi) is 4.19. The van der Waals surface area contributed by atoms with E-state index in [9.17, 15) is 14.9 Å². The molecule has 1 aliphatic rings. The number of carbonyl (C=O) groups is 1. The lowest BCUT2D eigenvalue weighted by molar-refractivity contribution is -0.383. The summed E-state index contributed by atoms with van der Waals surface area (Å²) in [4.78, 5) is 22.2. The fourth-order valence-corrected chi connectivity index (χ4v) is 2.31. The van der Waals surface area contributed by atoms with Crippen LogP contribution in [-0.2, 0) is 4.74 Å². The minimum atomic E-state index is -0.635. The number of nitrogens with zero attached hydrogens (tertiary/aromatic N) is 1. The highest BCUT2D eigenvalue weighted by atomic mass is 16.6. The van der Waals surface area contributed by atoms with Gasteiger partial charge in [0.1, 0.15) is 18.9 Å². The van der Waals surface area contributed by atoms with Crippen molar-refractivity contribution >= 4 is 23.0 Å². The van der Waals surface area contributed by atoms with Gasteiger partial charge in [-0.25, -0.2) is 4.79 Å². The minimum Gasteiger partial charge on any atom is -0.486 e. The summed E-state index contributed by atoms with van der Waals surface area (Å²) in [6, 6.07) is 9.25. The number of hydrogen-bond acceptors (Lipinski definition) is 7. The molecule has 8 heteroatoms. The molecule has 0 bridgehead atoms. The second kappa shape index (κ2) is 6.45. The lowest BCUT2D eigenvalue weighted by atomic mass is 10.1. The van der Waals surface area contributed by atoms with Crippen molar-refractivity contribution in [2.75, 3.05) is 25.6 Å². The third-order valence-electron chi connectivity index (χ3n) is 3.44. The number of anilines is 2. The summed E-state index contributed by atoms with van der Waals surface area (Å²) in [7, 11) is 1.22. The number of esters is 1. The normalized spacial score (nSPS) is 12.4. The van der Waals surface area contributed by atoms with Crippen LogP contribution in [0.3, 0.4) is 0 Å². The van der Waals surface area contributed by atoms with Gasteiger partial charge in [0.25, 0.3) is 5.69 Å². The standard InChI is InChI=1S/C16H14N2O6/c1-22-16(19)10-2-4-12(13(8-10)18(20)21)17-11-3-5-14-15(9-11)24-7-6-23-14/h2-5,8-9,17H,6-7H2,1H3. The summed E-state index contributed by atoms with van der Waals surface area (Å²) in [6.45, 7) is 0.935. The van der Waals surface area contributed by atoms with Crippen LogP contribution in [0.5, 0.6) is 11.5 Å². The van der Waals surface area contributed by atoms with Gasteiger partial charge in [0.05, 0.1) is 17.6 Å². The van der Waals surface area contributed by atoms with Gasteiger partial charge in [-0.2, -0.15) is 0 Å². The zero-order chi connectivity index (χ0) is 17.1. The lowest BCUT2D eigenvalue weighted by Crippen LogP contribution is -2.15. The van der Waals surface area contributed by atoms with Crippen molar-refractivity contribution in [2.24, 2.45) is 0 Å². The van der Waals surface area contributed by atoms with Crippen LogP contribution in [0.4, 0.5) is 17.1 Å². The molecule has 0 aliphatic carbocycles. The van der Waals surface area contributed by atoms with Crippen molar-refractivity contribution in [3.63, 3.8) is 0 Å². The number of hydrogen-bond donors (Lipinski definition) is 1. The largest absolute Gasteiger partial charge is 0.486 e. The van der Waals surface area contributed by atoms with Gasteiger partial charge in [-0.15, -0.1) is 0 Å². The number of ether oxygens (including phenoxy) is 3. The second-order valence-electron chi connectivity index (χ2n) is 4.96. The molecule has 0 amide bonds. The predicted octanol–water partition coefficient (Wildman–Crippen LogP) is 2.90. The van der Waals surface area contributed by atoms with Crippen LogP contribution in [0.15, 0.2) is 36.4 Å². The maximum atomic E-state index is 11.5. The molecule has 1 N–H and O–H groups in total. The molecule has 3 rings (SSSR count). The second-order valence-corrected chi connectivity index (χ2v) is 4.96. The number of methoxy groups -OCH3 is 1. The predicted molar refractivity (Wildman–Crippen MR) is 85.2 cm³/mol. The first-order chi connectivity index (χ1) is 11.6. The number of fused-ring (bicyclic) bond motifs is 1. The van der Waals surface area contributed by atoms with Gasteiger partial charge in [-0.05, 0) is 24.3 Å². The zero-order valence-corrected chi connectivity index (χ0v) is 12.8. The molecular formula is C16H14N2O6. The van der Waals surface area contributed by atoms with Gasteiger partial charge >= 0.3 is 5.97 Å².